The fourth-order valence-corrected chi connectivity index (χ4v) is 4.95. The number of hydrogen-bond donors (Lipinski definition) is 3. The molecule has 1 fully saturated rings. The summed E-state index contributed by atoms with van der Waals surface area (Å²) in [7, 11) is 1.56. The van der Waals surface area contributed by atoms with Crippen LogP contribution >= 0.6 is 0 Å². The minimum absolute atomic E-state index is 0.0352. The molecular formula is C33H36FN5O6. The highest BCUT2D eigenvalue weighted by Crippen LogP contribution is 2.38. The summed E-state index contributed by atoms with van der Waals surface area (Å²) in [6.45, 7) is 8.37. The summed E-state index contributed by atoms with van der Waals surface area (Å²) in [5.41, 5.74) is 5.25. The number of methoxy groups -OCH3 is 1. The first-order valence-corrected chi connectivity index (χ1v) is 14.6. The first-order chi connectivity index (χ1) is 21.8. The van der Waals surface area contributed by atoms with Gasteiger partial charge >= 0.3 is 6.03 Å². The molecule has 3 aromatic carbocycles. The monoisotopic (exact) mass is 617 g/mol. The number of urea groups is 1. The van der Waals surface area contributed by atoms with Gasteiger partial charge in [0.05, 0.1) is 38.7 Å². The molecule has 0 unspecified atom stereocenters. The Hall–Kier alpha value is -4.94. The predicted octanol–water partition coefficient (Wildman–Crippen LogP) is 5.75. The fourth-order valence-electron chi connectivity index (χ4n) is 4.95. The molecule has 4 aromatic rings. The summed E-state index contributed by atoms with van der Waals surface area (Å²) < 4.78 is 38.0. The summed E-state index contributed by atoms with van der Waals surface area (Å²) >= 11 is 0. The van der Waals surface area contributed by atoms with E-state index in [-0.39, 0.29) is 17.2 Å². The molecule has 0 aliphatic carbocycles. The molecule has 2 amide bonds. The van der Waals surface area contributed by atoms with Gasteiger partial charge in [-0.2, -0.15) is 5.10 Å². The van der Waals surface area contributed by atoms with E-state index in [1.54, 1.807) is 57.5 Å². The van der Waals surface area contributed by atoms with Crippen LogP contribution in [0.2, 0.25) is 0 Å². The van der Waals surface area contributed by atoms with Crippen LogP contribution in [0, 0.1) is 19.7 Å². The zero-order chi connectivity index (χ0) is 31.8. The van der Waals surface area contributed by atoms with Crippen molar-refractivity contribution in [3.8, 4) is 28.7 Å². The highest BCUT2D eigenvalue weighted by atomic mass is 19.1. The lowest BCUT2D eigenvalue weighted by Gasteiger charge is -2.26. The number of rotatable bonds is 11. The highest BCUT2D eigenvalue weighted by Gasteiger charge is 2.15. The summed E-state index contributed by atoms with van der Waals surface area (Å²) in [4.78, 5) is 19.1. The molecule has 1 saturated heterocycles. The second-order valence-electron chi connectivity index (χ2n) is 10.6. The number of phenolic OH excluding ortho intramolecular Hbond substituents is 1. The number of nitrogens with zero attached hydrogens (tertiary/aromatic N) is 3. The Balaban J connectivity index is 1.20. The first-order valence-electron chi connectivity index (χ1n) is 14.6. The maximum absolute atomic E-state index is 15.1. The molecule has 1 aliphatic heterocycles. The van der Waals surface area contributed by atoms with Crippen LogP contribution in [-0.4, -0.2) is 73.8 Å². The number of nitrogens with one attached hydrogen (secondary N) is 2. The van der Waals surface area contributed by atoms with Crippen molar-refractivity contribution in [2.45, 2.75) is 20.3 Å². The molecule has 0 atom stereocenters. The molecule has 0 saturated carbocycles. The van der Waals surface area contributed by atoms with E-state index >= 15 is 4.39 Å². The highest BCUT2D eigenvalue weighted by molar-refractivity contribution is 5.91. The van der Waals surface area contributed by atoms with Crippen molar-refractivity contribution in [3.63, 3.8) is 0 Å². The number of benzene rings is 3. The van der Waals surface area contributed by atoms with Crippen molar-refractivity contribution in [1.29, 1.82) is 0 Å². The number of pyridine rings is 1. The van der Waals surface area contributed by atoms with Crippen LogP contribution in [0.3, 0.4) is 0 Å². The Kier molecular flexibility index (Phi) is 10.3. The van der Waals surface area contributed by atoms with E-state index in [1.165, 1.54) is 18.3 Å². The number of aryl methyl sites for hydroxylation is 2. The van der Waals surface area contributed by atoms with Gasteiger partial charge in [-0.3, -0.25) is 9.88 Å². The van der Waals surface area contributed by atoms with Gasteiger partial charge in [-0.05, 0) is 73.4 Å². The minimum Gasteiger partial charge on any atom is -0.507 e. The molecule has 45 heavy (non-hydrogen) atoms. The van der Waals surface area contributed by atoms with Gasteiger partial charge in [0, 0.05) is 49.0 Å². The number of phenols is 1. The minimum atomic E-state index is -0.677. The van der Waals surface area contributed by atoms with Crippen molar-refractivity contribution in [2.24, 2.45) is 5.10 Å². The number of carbonyl (C=O) groups excluding carboxylic acids is 1. The molecule has 12 heteroatoms. The number of aromatic nitrogens is 1. The van der Waals surface area contributed by atoms with Gasteiger partial charge in [0.15, 0.2) is 23.1 Å². The van der Waals surface area contributed by atoms with E-state index in [4.69, 9.17) is 18.9 Å². The third kappa shape index (κ3) is 8.16. The molecule has 0 spiro atoms. The quantitative estimate of drug-likeness (QED) is 0.110. The van der Waals surface area contributed by atoms with E-state index in [2.05, 4.69) is 25.7 Å². The van der Waals surface area contributed by atoms with Gasteiger partial charge in [-0.15, -0.1) is 0 Å². The topological polar surface area (TPSA) is 127 Å². The predicted molar refractivity (Wildman–Crippen MR) is 169 cm³/mol. The van der Waals surface area contributed by atoms with E-state index in [9.17, 15) is 9.90 Å². The van der Waals surface area contributed by atoms with Crippen LogP contribution in [0.4, 0.5) is 14.9 Å². The lowest BCUT2D eigenvalue weighted by molar-refractivity contribution is 0.0357. The summed E-state index contributed by atoms with van der Waals surface area (Å²) in [5, 5.41) is 17.0. The van der Waals surface area contributed by atoms with Gasteiger partial charge in [0.25, 0.3) is 0 Å². The molecule has 5 rings (SSSR count). The van der Waals surface area contributed by atoms with E-state index in [0.29, 0.717) is 51.4 Å². The Morgan fingerprint density at radius 3 is 2.58 bits per heavy atom. The number of anilines is 1. The zero-order valence-corrected chi connectivity index (χ0v) is 25.4. The molecule has 1 aliphatic rings. The van der Waals surface area contributed by atoms with Gasteiger partial charge in [-0.25, -0.2) is 14.6 Å². The normalized spacial score (nSPS) is 13.6. The molecular weight excluding hydrogens is 581 g/mol. The van der Waals surface area contributed by atoms with Crippen molar-refractivity contribution < 1.29 is 33.2 Å². The fraction of sp³-hybridized carbons (Fsp3) is 0.303. The third-order valence-corrected chi connectivity index (χ3v) is 7.27. The Bertz CT molecular complexity index is 1670. The molecule has 0 bridgehead atoms. The standard InChI is InChI=1S/C33H36FN5O6/c1-21-15-23(16-22(2)32(21)40)20-36-38-33(41)37-24-5-6-29(26(34)17-24)45-28-7-8-35-27-19-31(30(42-3)18-25(27)28)44-12-4-9-39-10-13-43-14-11-39/h5-8,15-20,40H,4,9-14H2,1-3H3,(H2,37,38,41)/b36-20+. The average Bonchev–Trinajstić information content (AvgIpc) is 3.03. The van der Waals surface area contributed by atoms with Crippen LogP contribution in [0.15, 0.2) is 59.8 Å². The van der Waals surface area contributed by atoms with Crippen molar-refractivity contribution in [2.75, 3.05) is 51.9 Å². The molecule has 236 valence electrons. The van der Waals surface area contributed by atoms with Gasteiger partial charge in [0.2, 0.25) is 0 Å². The zero-order valence-electron chi connectivity index (χ0n) is 25.4. The van der Waals surface area contributed by atoms with Crippen LogP contribution in [-0.2, 0) is 4.74 Å². The number of carbonyl (C=O) groups is 1. The summed E-state index contributed by atoms with van der Waals surface area (Å²) in [6.07, 6.45) is 3.88. The van der Waals surface area contributed by atoms with Crippen LogP contribution in [0.25, 0.3) is 10.9 Å². The largest absolute Gasteiger partial charge is 0.507 e. The van der Waals surface area contributed by atoms with E-state index < -0.39 is 11.8 Å². The van der Waals surface area contributed by atoms with E-state index in [1.807, 2.05) is 0 Å². The third-order valence-electron chi connectivity index (χ3n) is 7.27. The lowest BCUT2D eigenvalue weighted by Crippen LogP contribution is -2.37. The molecule has 3 N–H and O–H groups in total. The summed E-state index contributed by atoms with van der Waals surface area (Å²) in [5.74, 6) is 0.957. The molecule has 2 heterocycles. The van der Waals surface area contributed by atoms with Crippen molar-refractivity contribution in [3.05, 3.63) is 77.2 Å². The number of ether oxygens (including phenoxy) is 4. The smallest absolute Gasteiger partial charge is 0.339 e. The van der Waals surface area contributed by atoms with Crippen LogP contribution in [0.5, 0.6) is 28.7 Å². The second kappa shape index (κ2) is 14.7. The number of hydrogen-bond acceptors (Lipinski definition) is 9. The number of fused-ring (bicyclic) bond motifs is 1. The number of amides is 2. The van der Waals surface area contributed by atoms with Crippen LogP contribution < -0.4 is 25.0 Å². The Morgan fingerprint density at radius 2 is 1.84 bits per heavy atom. The van der Waals surface area contributed by atoms with Gasteiger partial charge in [-0.1, -0.05) is 0 Å². The van der Waals surface area contributed by atoms with Crippen LogP contribution in [0.1, 0.15) is 23.1 Å². The molecule has 11 nitrogen and oxygen atoms in total. The SMILES string of the molecule is COc1cc2c(Oc3ccc(NC(=O)N/N=C/c4cc(C)c(O)c(C)c4)cc3F)ccnc2cc1OCCCN1CCOCC1. The number of morpholine rings is 1. The molecule has 1 aromatic heterocycles. The first kappa shape index (κ1) is 31.5. The van der Waals surface area contributed by atoms with Gasteiger partial charge in [0.1, 0.15) is 11.5 Å². The second-order valence-corrected chi connectivity index (χ2v) is 10.6. The van der Waals surface area contributed by atoms with Gasteiger partial charge < -0.3 is 29.4 Å². The number of halogens is 1. The number of hydrazone groups is 1. The maximum atomic E-state index is 15.1. The molecule has 0 radical (unpaired) electrons. The lowest BCUT2D eigenvalue weighted by atomic mass is 10.1. The average molecular weight is 618 g/mol. The Morgan fingerprint density at radius 1 is 1.07 bits per heavy atom. The maximum Gasteiger partial charge on any atom is 0.339 e. The van der Waals surface area contributed by atoms with Crippen molar-refractivity contribution >= 4 is 28.8 Å². The van der Waals surface area contributed by atoms with Crippen molar-refractivity contribution in [1.82, 2.24) is 15.3 Å². The summed E-state index contributed by atoms with van der Waals surface area (Å²) in [6, 6.07) is 12.1. The number of aromatic hydroxyl groups is 1. The van der Waals surface area contributed by atoms with E-state index in [0.717, 1.165) is 45.3 Å². The Labute approximate surface area is 260 Å².